The Kier molecular flexibility index (Phi) is 11.7. The molecular formula is C18H31Cl2N3O3. The van der Waals surface area contributed by atoms with Gasteiger partial charge in [0.15, 0.2) is 0 Å². The van der Waals surface area contributed by atoms with Gasteiger partial charge in [-0.25, -0.2) is 0 Å². The van der Waals surface area contributed by atoms with Crippen LogP contribution < -0.4 is 15.2 Å². The molecule has 1 aliphatic heterocycles. The second kappa shape index (κ2) is 12.2. The first-order valence-electron chi connectivity index (χ1n) is 8.49. The first-order chi connectivity index (χ1) is 11.5. The number of carbonyl (C=O) groups excluding carboxylic acids is 1. The number of hydrogen-bond donors (Lipinski definition) is 1. The Morgan fingerprint density at radius 1 is 1.08 bits per heavy atom. The number of nitrogens with two attached hydrogens (primary N) is 1. The minimum atomic E-state index is 0. The lowest BCUT2D eigenvalue weighted by atomic mass is 10.1. The molecule has 0 spiro atoms. The molecular weight excluding hydrogens is 377 g/mol. The van der Waals surface area contributed by atoms with E-state index in [4.69, 9.17) is 15.2 Å². The van der Waals surface area contributed by atoms with Crippen LogP contribution in [0.4, 0.5) is 0 Å². The predicted molar refractivity (Wildman–Crippen MR) is 109 cm³/mol. The zero-order valence-corrected chi connectivity index (χ0v) is 17.4. The third-order valence-corrected chi connectivity index (χ3v) is 4.36. The minimum Gasteiger partial charge on any atom is -0.497 e. The number of piperazine rings is 1. The summed E-state index contributed by atoms with van der Waals surface area (Å²) in [4.78, 5) is 16.5. The van der Waals surface area contributed by atoms with Crippen LogP contribution >= 0.6 is 24.8 Å². The summed E-state index contributed by atoms with van der Waals surface area (Å²) in [6, 6.07) is 6.02. The normalized spacial score (nSPS) is 15.5. The van der Waals surface area contributed by atoms with Crippen LogP contribution in [-0.2, 0) is 11.3 Å². The lowest BCUT2D eigenvalue weighted by Gasteiger charge is -2.35. The Morgan fingerprint density at radius 2 is 1.62 bits per heavy atom. The van der Waals surface area contributed by atoms with E-state index in [1.54, 1.807) is 14.2 Å². The maximum Gasteiger partial charge on any atom is 0.222 e. The van der Waals surface area contributed by atoms with Crippen molar-refractivity contribution in [1.82, 2.24) is 9.80 Å². The molecule has 1 heterocycles. The van der Waals surface area contributed by atoms with Crippen molar-refractivity contribution in [3.63, 3.8) is 0 Å². The van der Waals surface area contributed by atoms with Gasteiger partial charge in [0.25, 0.3) is 0 Å². The molecule has 1 atom stereocenters. The number of nitrogens with zero attached hydrogens (tertiary/aromatic N) is 2. The zero-order chi connectivity index (χ0) is 17.5. The number of amides is 1. The Hall–Kier alpha value is -1.21. The Labute approximate surface area is 168 Å². The van der Waals surface area contributed by atoms with Crippen LogP contribution in [0.25, 0.3) is 0 Å². The number of methoxy groups -OCH3 is 2. The molecule has 6 nitrogen and oxygen atoms in total. The van der Waals surface area contributed by atoms with E-state index in [2.05, 4.69) is 4.90 Å². The number of halogens is 2. The van der Waals surface area contributed by atoms with Crippen LogP contribution in [0, 0.1) is 0 Å². The van der Waals surface area contributed by atoms with Gasteiger partial charge in [0, 0.05) is 51.3 Å². The van der Waals surface area contributed by atoms with Crippen molar-refractivity contribution in [2.24, 2.45) is 5.73 Å². The molecule has 0 saturated carbocycles. The topological polar surface area (TPSA) is 68.0 Å². The molecule has 26 heavy (non-hydrogen) atoms. The van der Waals surface area contributed by atoms with Gasteiger partial charge in [-0.15, -0.1) is 24.8 Å². The van der Waals surface area contributed by atoms with Gasteiger partial charge in [0.2, 0.25) is 5.91 Å². The lowest BCUT2D eigenvalue weighted by molar-refractivity contribution is -0.133. The average Bonchev–Trinajstić information content (AvgIpc) is 2.59. The fraction of sp³-hybridized carbons (Fsp3) is 0.611. The summed E-state index contributed by atoms with van der Waals surface area (Å²) in [6.45, 7) is 6.08. The van der Waals surface area contributed by atoms with Gasteiger partial charge in [0.1, 0.15) is 11.5 Å². The van der Waals surface area contributed by atoms with Gasteiger partial charge < -0.3 is 20.1 Å². The van der Waals surface area contributed by atoms with Crippen molar-refractivity contribution in [2.75, 3.05) is 40.4 Å². The Morgan fingerprint density at radius 3 is 2.08 bits per heavy atom. The van der Waals surface area contributed by atoms with Crippen molar-refractivity contribution in [1.29, 1.82) is 0 Å². The lowest BCUT2D eigenvalue weighted by Crippen LogP contribution is -2.48. The molecule has 1 fully saturated rings. The SMILES string of the molecule is COc1cc(CN2CCN(C(=O)CCC(C)N)CC2)cc(OC)c1.Cl.Cl. The van der Waals surface area contributed by atoms with Gasteiger partial charge in [-0.05, 0) is 31.0 Å². The van der Waals surface area contributed by atoms with Crippen molar-refractivity contribution >= 4 is 30.7 Å². The number of benzene rings is 1. The molecule has 0 aromatic heterocycles. The van der Waals surface area contributed by atoms with Crippen LogP contribution in [0.2, 0.25) is 0 Å². The van der Waals surface area contributed by atoms with Crippen LogP contribution in [0.3, 0.4) is 0 Å². The fourth-order valence-corrected chi connectivity index (χ4v) is 2.88. The standard InChI is InChI=1S/C18H29N3O3.2ClH/c1-14(19)4-5-18(22)21-8-6-20(7-9-21)13-15-10-16(23-2)12-17(11-15)24-3;;/h10-12,14H,4-9,13,19H2,1-3H3;2*1H. The third-order valence-electron chi connectivity index (χ3n) is 4.36. The van der Waals surface area contributed by atoms with Crippen molar-refractivity contribution in [3.05, 3.63) is 23.8 Å². The molecule has 1 aliphatic rings. The fourth-order valence-electron chi connectivity index (χ4n) is 2.88. The summed E-state index contributed by atoms with van der Waals surface area (Å²) in [5.74, 6) is 1.82. The predicted octanol–water partition coefficient (Wildman–Crippen LogP) is 2.32. The zero-order valence-electron chi connectivity index (χ0n) is 15.8. The van der Waals surface area contributed by atoms with E-state index in [-0.39, 0.29) is 36.8 Å². The van der Waals surface area contributed by atoms with Crippen molar-refractivity contribution < 1.29 is 14.3 Å². The minimum absolute atomic E-state index is 0. The largest absolute Gasteiger partial charge is 0.497 e. The van der Waals surface area contributed by atoms with Crippen molar-refractivity contribution in [3.8, 4) is 11.5 Å². The summed E-state index contributed by atoms with van der Waals surface area (Å²) >= 11 is 0. The summed E-state index contributed by atoms with van der Waals surface area (Å²) in [5.41, 5.74) is 6.88. The molecule has 1 aromatic rings. The van der Waals surface area contributed by atoms with E-state index >= 15 is 0 Å². The summed E-state index contributed by atoms with van der Waals surface area (Å²) in [7, 11) is 3.32. The second-order valence-electron chi connectivity index (χ2n) is 6.39. The molecule has 1 unspecified atom stereocenters. The van der Waals surface area contributed by atoms with Gasteiger partial charge in [-0.2, -0.15) is 0 Å². The molecule has 1 aromatic carbocycles. The summed E-state index contributed by atoms with van der Waals surface area (Å²) in [5, 5.41) is 0. The van der Waals surface area contributed by atoms with Crippen LogP contribution in [0.15, 0.2) is 18.2 Å². The van der Waals surface area contributed by atoms with E-state index in [0.29, 0.717) is 6.42 Å². The maximum atomic E-state index is 12.2. The first-order valence-corrected chi connectivity index (χ1v) is 8.49. The quantitative estimate of drug-likeness (QED) is 0.750. The van der Waals surface area contributed by atoms with Crippen LogP contribution in [0.1, 0.15) is 25.3 Å². The highest BCUT2D eigenvalue weighted by atomic mass is 35.5. The molecule has 2 rings (SSSR count). The number of ether oxygens (including phenoxy) is 2. The highest BCUT2D eigenvalue weighted by molar-refractivity contribution is 5.85. The van der Waals surface area contributed by atoms with Crippen molar-refractivity contribution in [2.45, 2.75) is 32.4 Å². The smallest absolute Gasteiger partial charge is 0.222 e. The molecule has 150 valence electrons. The molecule has 1 amide bonds. The number of carbonyl (C=O) groups is 1. The van der Waals surface area contributed by atoms with E-state index < -0.39 is 0 Å². The van der Waals surface area contributed by atoms with Crippen LogP contribution in [0.5, 0.6) is 11.5 Å². The third kappa shape index (κ3) is 7.58. The van der Waals surface area contributed by atoms with E-state index in [9.17, 15) is 4.79 Å². The first kappa shape index (κ1) is 24.8. The summed E-state index contributed by atoms with van der Waals surface area (Å²) in [6.07, 6.45) is 1.30. The molecule has 0 aliphatic carbocycles. The number of rotatable bonds is 7. The molecule has 0 bridgehead atoms. The van der Waals surface area contributed by atoms with E-state index in [1.165, 1.54) is 0 Å². The molecule has 8 heteroatoms. The van der Waals surface area contributed by atoms with Gasteiger partial charge in [0.05, 0.1) is 14.2 Å². The van der Waals surface area contributed by atoms with Crippen LogP contribution in [-0.4, -0.2) is 62.1 Å². The Balaban J connectivity index is 0.00000312. The highest BCUT2D eigenvalue weighted by Gasteiger charge is 2.21. The number of hydrogen-bond acceptors (Lipinski definition) is 5. The second-order valence-corrected chi connectivity index (χ2v) is 6.39. The highest BCUT2D eigenvalue weighted by Crippen LogP contribution is 2.23. The van der Waals surface area contributed by atoms with Gasteiger partial charge >= 0.3 is 0 Å². The van der Waals surface area contributed by atoms with Gasteiger partial charge in [-0.1, -0.05) is 0 Å². The molecule has 1 saturated heterocycles. The molecule has 2 N–H and O–H groups in total. The maximum absolute atomic E-state index is 12.2. The summed E-state index contributed by atoms with van der Waals surface area (Å²) < 4.78 is 10.6. The average molecular weight is 408 g/mol. The Bertz CT molecular complexity index is 528. The van der Waals surface area contributed by atoms with E-state index in [1.807, 2.05) is 30.0 Å². The van der Waals surface area contributed by atoms with Gasteiger partial charge in [-0.3, -0.25) is 9.69 Å². The monoisotopic (exact) mass is 407 g/mol. The van der Waals surface area contributed by atoms with E-state index in [0.717, 1.165) is 56.2 Å². The molecule has 0 radical (unpaired) electrons.